The van der Waals surface area contributed by atoms with Gasteiger partial charge in [0.15, 0.2) is 0 Å². The van der Waals surface area contributed by atoms with Gasteiger partial charge in [-0.2, -0.15) is 0 Å². The number of aromatic nitrogens is 1. The van der Waals surface area contributed by atoms with Gasteiger partial charge >= 0.3 is 0 Å². The van der Waals surface area contributed by atoms with Crippen LogP contribution in [0.25, 0.3) is 0 Å². The van der Waals surface area contributed by atoms with Crippen LogP contribution >= 0.6 is 0 Å². The van der Waals surface area contributed by atoms with E-state index in [9.17, 15) is 4.79 Å². The number of hydrogen-bond acceptors (Lipinski definition) is 3. The van der Waals surface area contributed by atoms with Crippen LogP contribution in [0.5, 0.6) is 0 Å². The van der Waals surface area contributed by atoms with Crippen molar-refractivity contribution in [1.82, 2.24) is 10.3 Å². The van der Waals surface area contributed by atoms with E-state index in [2.05, 4.69) is 15.6 Å². The number of benzene rings is 1. The van der Waals surface area contributed by atoms with Crippen LogP contribution in [0.15, 0.2) is 48.7 Å². The highest BCUT2D eigenvalue weighted by Gasteiger charge is 2.21. The monoisotopic (exact) mass is 281 g/mol. The van der Waals surface area contributed by atoms with E-state index in [1.54, 1.807) is 12.3 Å². The molecule has 0 bridgehead atoms. The second-order valence-corrected chi connectivity index (χ2v) is 5.46. The second kappa shape index (κ2) is 5.95. The Morgan fingerprint density at radius 2 is 1.95 bits per heavy atom. The number of pyridine rings is 1. The Morgan fingerprint density at radius 3 is 2.57 bits per heavy atom. The SMILES string of the molecule is CC(NC(=O)c1ccc(NC2CC2)cn1)c1ccccc1. The Morgan fingerprint density at radius 1 is 1.19 bits per heavy atom. The largest absolute Gasteiger partial charge is 0.381 e. The highest BCUT2D eigenvalue weighted by atomic mass is 16.1. The average molecular weight is 281 g/mol. The molecule has 0 saturated heterocycles. The van der Waals surface area contributed by atoms with Crippen LogP contribution < -0.4 is 10.6 Å². The average Bonchev–Trinajstić information content (AvgIpc) is 3.33. The van der Waals surface area contributed by atoms with Gasteiger partial charge in [0.1, 0.15) is 5.69 Å². The van der Waals surface area contributed by atoms with Crippen LogP contribution in [0.4, 0.5) is 5.69 Å². The van der Waals surface area contributed by atoms with Gasteiger partial charge in [-0.15, -0.1) is 0 Å². The predicted molar refractivity (Wildman–Crippen MR) is 83.2 cm³/mol. The third-order valence-electron chi connectivity index (χ3n) is 3.59. The molecule has 4 heteroatoms. The van der Waals surface area contributed by atoms with Crippen molar-refractivity contribution in [2.24, 2.45) is 0 Å². The minimum Gasteiger partial charge on any atom is -0.381 e. The molecule has 1 saturated carbocycles. The number of hydrogen-bond donors (Lipinski definition) is 2. The lowest BCUT2D eigenvalue weighted by Gasteiger charge is -2.14. The van der Waals surface area contributed by atoms with E-state index in [0.717, 1.165) is 11.3 Å². The first-order valence-electron chi connectivity index (χ1n) is 7.31. The molecule has 1 fully saturated rings. The van der Waals surface area contributed by atoms with E-state index in [4.69, 9.17) is 0 Å². The van der Waals surface area contributed by atoms with Crippen molar-refractivity contribution >= 4 is 11.6 Å². The number of carbonyl (C=O) groups excluding carboxylic acids is 1. The van der Waals surface area contributed by atoms with Gasteiger partial charge in [-0.25, -0.2) is 4.98 Å². The van der Waals surface area contributed by atoms with Crippen molar-refractivity contribution in [1.29, 1.82) is 0 Å². The summed E-state index contributed by atoms with van der Waals surface area (Å²) in [5, 5.41) is 6.32. The zero-order chi connectivity index (χ0) is 14.7. The van der Waals surface area contributed by atoms with Gasteiger partial charge in [-0.1, -0.05) is 30.3 Å². The molecule has 1 atom stereocenters. The molecule has 108 valence electrons. The highest BCUT2D eigenvalue weighted by Crippen LogP contribution is 2.24. The number of nitrogens with zero attached hydrogens (tertiary/aromatic N) is 1. The van der Waals surface area contributed by atoms with Crippen LogP contribution in [-0.4, -0.2) is 16.9 Å². The minimum absolute atomic E-state index is 0.0373. The van der Waals surface area contributed by atoms with Crippen molar-refractivity contribution in [2.75, 3.05) is 5.32 Å². The molecular weight excluding hydrogens is 262 g/mol. The van der Waals surface area contributed by atoms with E-state index >= 15 is 0 Å². The number of anilines is 1. The quantitative estimate of drug-likeness (QED) is 0.885. The Labute approximate surface area is 124 Å². The van der Waals surface area contributed by atoms with Crippen LogP contribution in [0.3, 0.4) is 0 Å². The molecule has 0 radical (unpaired) electrons. The Bertz CT molecular complexity index is 606. The third kappa shape index (κ3) is 3.60. The normalized spacial score (nSPS) is 15.3. The summed E-state index contributed by atoms with van der Waals surface area (Å²) in [6.45, 7) is 1.97. The van der Waals surface area contributed by atoms with Crippen molar-refractivity contribution < 1.29 is 4.79 Å². The van der Waals surface area contributed by atoms with Gasteiger partial charge < -0.3 is 10.6 Å². The summed E-state index contributed by atoms with van der Waals surface area (Å²) in [6, 6.07) is 14.1. The summed E-state index contributed by atoms with van der Waals surface area (Å²) < 4.78 is 0. The van der Waals surface area contributed by atoms with E-state index in [-0.39, 0.29) is 11.9 Å². The third-order valence-corrected chi connectivity index (χ3v) is 3.59. The summed E-state index contributed by atoms with van der Waals surface area (Å²) in [5.74, 6) is -0.149. The van der Waals surface area contributed by atoms with E-state index in [1.165, 1.54) is 12.8 Å². The van der Waals surface area contributed by atoms with Gasteiger partial charge in [0.05, 0.1) is 17.9 Å². The molecule has 0 aliphatic heterocycles. The molecule has 1 heterocycles. The molecule has 1 aromatic heterocycles. The lowest BCUT2D eigenvalue weighted by Crippen LogP contribution is -2.27. The second-order valence-electron chi connectivity index (χ2n) is 5.46. The van der Waals surface area contributed by atoms with Crippen molar-refractivity contribution in [3.05, 3.63) is 59.9 Å². The number of nitrogens with one attached hydrogen (secondary N) is 2. The number of amides is 1. The van der Waals surface area contributed by atoms with Crippen LogP contribution in [0.2, 0.25) is 0 Å². The maximum atomic E-state index is 12.2. The predicted octanol–water partition coefficient (Wildman–Crippen LogP) is 3.15. The summed E-state index contributed by atoms with van der Waals surface area (Å²) in [6.07, 6.45) is 4.16. The molecule has 2 aromatic rings. The smallest absolute Gasteiger partial charge is 0.270 e. The first-order valence-corrected chi connectivity index (χ1v) is 7.31. The standard InChI is InChI=1S/C17H19N3O/c1-12(13-5-3-2-4-6-13)19-17(21)16-10-9-15(11-18-16)20-14-7-8-14/h2-6,9-12,14,20H,7-8H2,1H3,(H,19,21). The van der Waals surface area contributed by atoms with Crippen molar-refractivity contribution in [3.63, 3.8) is 0 Å². The summed E-state index contributed by atoms with van der Waals surface area (Å²) in [7, 11) is 0. The fourth-order valence-electron chi connectivity index (χ4n) is 2.17. The van der Waals surface area contributed by atoms with E-state index in [0.29, 0.717) is 11.7 Å². The minimum atomic E-state index is -0.149. The number of carbonyl (C=O) groups is 1. The lowest BCUT2D eigenvalue weighted by molar-refractivity contribution is 0.0935. The van der Waals surface area contributed by atoms with E-state index < -0.39 is 0 Å². The van der Waals surface area contributed by atoms with Crippen LogP contribution in [0, 0.1) is 0 Å². The first-order chi connectivity index (χ1) is 10.2. The molecule has 2 N–H and O–H groups in total. The molecule has 1 aliphatic carbocycles. The Hall–Kier alpha value is -2.36. The first kappa shape index (κ1) is 13.6. The molecular formula is C17H19N3O. The van der Waals surface area contributed by atoms with E-state index in [1.807, 2.05) is 43.3 Å². The maximum Gasteiger partial charge on any atom is 0.270 e. The maximum absolute atomic E-state index is 12.2. The Balaban J connectivity index is 1.61. The number of rotatable bonds is 5. The zero-order valence-corrected chi connectivity index (χ0v) is 12.0. The summed E-state index contributed by atoms with van der Waals surface area (Å²) >= 11 is 0. The molecule has 0 spiro atoms. The van der Waals surface area contributed by atoms with Crippen molar-refractivity contribution in [3.8, 4) is 0 Å². The fraction of sp³-hybridized carbons (Fsp3) is 0.294. The summed E-state index contributed by atoms with van der Waals surface area (Å²) in [5.41, 5.74) is 2.50. The molecule has 4 nitrogen and oxygen atoms in total. The highest BCUT2D eigenvalue weighted by molar-refractivity contribution is 5.92. The Kier molecular flexibility index (Phi) is 3.86. The van der Waals surface area contributed by atoms with Gasteiger partial charge in [0, 0.05) is 6.04 Å². The van der Waals surface area contributed by atoms with Gasteiger partial charge in [-0.05, 0) is 37.5 Å². The molecule has 1 amide bonds. The fourth-order valence-corrected chi connectivity index (χ4v) is 2.17. The van der Waals surface area contributed by atoms with Crippen LogP contribution in [0.1, 0.15) is 41.9 Å². The molecule has 1 aliphatic rings. The molecule has 1 unspecified atom stereocenters. The zero-order valence-electron chi connectivity index (χ0n) is 12.0. The topological polar surface area (TPSA) is 54.0 Å². The van der Waals surface area contributed by atoms with Crippen molar-refractivity contribution in [2.45, 2.75) is 31.8 Å². The van der Waals surface area contributed by atoms with Gasteiger partial charge in [-0.3, -0.25) is 4.79 Å². The van der Waals surface area contributed by atoms with Crippen LogP contribution in [-0.2, 0) is 0 Å². The van der Waals surface area contributed by atoms with Gasteiger partial charge in [0.2, 0.25) is 0 Å². The summed E-state index contributed by atoms with van der Waals surface area (Å²) in [4.78, 5) is 16.4. The molecule has 21 heavy (non-hydrogen) atoms. The molecule has 3 rings (SSSR count). The lowest BCUT2D eigenvalue weighted by atomic mass is 10.1. The molecule has 1 aromatic carbocycles. The van der Waals surface area contributed by atoms with Gasteiger partial charge in [0.25, 0.3) is 5.91 Å².